The first-order chi connectivity index (χ1) is 16.7. The molecule has 2 aromatic rings. The van der Waals surface area contributed by atoms with E-state index in [0.29, 0.717) is 42.5 Å². The Hall–Kier alpha value is -2.34. The van der Waals surface area contributed by atoms with Crippen LogP contribution in [0.15, 0.2) is 35.0 Å². The minimum atomic E-state index is -0.0270. The molecule has 1 saturated heterocycles. The second kappa shape index (κ2) is 8.09. The fourth-order valence-corrected chi connectivity index (χ4v) is 9.06. The Bertz CT molecular complexity index is 1200. The molecule has 35 heavy (non-hydrogen) atoms. The van der Waals surface area contributed by atoms with Gasteiger partial charge in [-0.15, -0.1) is 0 Å². The fourth-order valence-electron chi connectivity index (χ4n) is 8.54. The molecule has 7 heteroatoms. The number of nitrogens with zero attached hydrogens (tertiary/aromatic N) is 2. The number of para-hydroxylation sites is 2. The number of hydrogen-bond donors (Lipinski definition) is 2. The van der Waals surface area contributed by atoms with Crippen LogP contribution in [-0.2, 0) is 9.59 Å². The third kappa shape index (κ3) is 3.46. The van der Waals surface area contributed by atoms with Gasteiger partial charge in [0, 0.05) is 36.0 Å². The number of fused-ring (bicyclic) bond motifs is 6. The van der Waals surface area contributed by atoms with Gasteiger partial charge in [-0.05, 0) is 79.7 Å². The molecule has 0 bridgehead atoms. The zero-order valence-corrected chi connectivity index (χ0v) is 21.6. The van der Waals surface area contributed by atoms with Crippen LogP contribution in [0.2, 0.25) is 0 Å². The van der Waals surface area contributed by atoms with Crippen molar-refractivity contribution in [3.8, 4) is 0 Å². The standard InChI is InChI=1S/C28H35ClN4O2/c1-27-12-10-19-17(15-20(29)25-28(19,2)13-11-24(35)33(25)3)18(27)9-8-16(27)14-23(34)32-26-30-21-6-4-5-7-22(21)31-26/h4-7,16-19H,8-15H2,1-3H3,(H2,30,31,32,34)/t16-,17?,18?,19?,27-,28-/m1/s1. The van der Waals surface area contributed by atoms with E-state index < -0.39 is 0 Å². The predicted molar refractivity (Wildman–Crippen MR) is 137 cm³/mol. The van der Waals surface area contributed by atoms with Gasteiger partial charge in [-0.1, -0.05) is 37.6 Å². The maximum atomic E-state index is 13.1. The van der Waals surface area contributed by atoms with Crippen molar-refractivity contribution in [2.24, 2.45) is 34.5 Å². The third-order valence-corrected chi connectivity index (χ3v) is 10.6. The molecule has 1 aromatic carbocycles. The first-order valence-electron chi connectivity index (χ1n) is 13.1. The lowest BCUT2D eigenvalue weighted by Gasteiger charge is -2.59. The number of carbonyl (C=O) groups excluding carboxylic acids is 2. The molecule has 2 N–H and O–H groups in total. The number of allylic oxidation sites excluding steroid dienone is 2. The molecule has 3 aliphatic carbocycles. The molecule has 6 rings (SSSR count). The van der Waals surface area contributed by atoms with E-state index in [1.54, 1.807) is 0 Å². The third-order valence-electron chi connectivity index (χ3n) is 10.3. The first kappa shape index (κ1) is 23.1. The smallest absolute Gasteiger partial charge is 0.226 e. The van der Waals surface area contributed by atoms with Crippen LogP contribution in [0.5, 0.6) is 0 Å². The van der Waals surface area contributed by atoms with Gasteiger partial charge in [0.25, 0.3) is 0 Å². The van der Waals surface area contributed by atoms with Gasteiger partial charge >= 0.3 is 0 Å². The maximum absolute atomic E-state index is 13.1. The van der Waals surface area contributed by atoms with Gasteiger partial charge in [-0.3, -0.25) is 14.9 Å². The summed E-state index contributed by atoms with van der Waals surface area (Å²) in [5.41, 5.74) is 2.99. The topological polar surface area (TPSA) is 78.1 Å². The number of imidazole rings is 1. The number of anilines is 1. The summed E-state index contributed by atoms with van der Waals surface area (Å²) in [6.07, 6.45) is 7.43. The van der Waals surface area contributed by atoms with Gasteiger partial charge in [-0.25, -0.2) is 4.98 Å². The van der Waals surface area contributed by atoms with Crippen molar-refractivity contribution >= 4 is 40.4 Å². The highest BCUT2D eigenvalue weighted by Gasteiger charge is 2.60. The largest absolute Gasteiger partial charge is 0.324 e. The molecule has 4 aliphatic rings. The van der Waals surface area contributed by atoms with Gasteiger partial charge in [-0.2, -0.15) is 0 Å². The van der Waals surface area contributed by atoms with Crippen LogP contribution in [0.4, 0.5) is 5.95 Å². The number of hydrogen-bond acceptors (Lipinski definition) is 3. The van der Waals surface area contributed by atoms with Crippen LogP contribution in [-0.4, -0.2) is 33.7 Å². The number of aromatic nitrogens is 2. The van der Waals surface area contributed by atoms with Crippen LogP contribution in [0.1, 0.15) is 65.2 Å². The number of benzene rings is 1. The summed E-state index contributed by atoms with van der Waals surface area (Å²) in [7, 11) is 1.90. The minimum absolute atomic E-state index is 0.0270. The van der Waals surface area contributed by atoms with Crippen LogP contribution < -0.4 is 5.32 Å². The van der Waals surface area contributed by atoms with Gasteiger partial charge in [0.2, 0.25) is 17.8 Å². The molecule has 6 atom stereocenters. The summed E-state index contributed by atoms with van der Waals surface area (Å²) < 4.78 is 0. The van der Waals surface area contributed by atoms with Crippen molar-refractivity contribution in [3.05, 3.63) is 35.0 Å². The zero-order valence-electron chi connectivity index (χ0n) is 20.9. The number of rotatable bonds is 3. The minimum Gasteiger partial charge on any atom is -0.324 e. The number of carbonyl (C=O) groups is 2. The molecule has 3 unspecified atom stereocenters. The summed E-state index contributed by atoms with van der Waals surface area (Å²) in [5.74, 6) is 2.77. The fraction of sp³-hybridized carbons (Fsp3) is 0.607. The second-order valence-electron chi connectivity index (χ2n) is 11.9. The summed E-state index contributed by atoms with van der Waals surface area (Å²) in [4.78, 5) is 35.1. The van der Waals surface area contributed by atoms with Crippen molar-refractivity contribution in [2.75, 3.05) is 12.4 Å². The van der Waals surface area contributed by atoms with Gasteiger partial charge in [0.1, 0.15) is 0 Å². The molecule has 1 aromatic heterocycles. The lowest BCUT2D eigenvalue weighted by atomic mass is 9.49. The SMILES string of the molecule is CN1C(=O)CC[C@@]2(C)C1=C(Cl)CC1C2CC[C@@]2(C)C1CC[C@@H]2CC(=O)Nc1nc2ccccc2[nH]1. The van der Waals surface area contributed by atoms with Crippen molar-refractivity contribution in [2.45, 2.75) is 65.2 Å². The molecule has 2 amide bonds. The Morgan fingerprint density at radius 1 is 1.20 bits per heavy atom. The highest BCUT2D eigenvalue weighted by Crippen LogP contribution is 2.67. The Balaban J connectivity index is 1.20. The van der Waals surface area contributed by atoms with Crippen molar-refractivity contribution < 1.29 is 9.59 Å². The monoisotopic (exact) mass is 494 g/mol. The first-order valence-corrected chi connectivity index (χ1v) is 13.5. The second-order valence-corrected chi connectivity index (χ2v) is 12.3. The molecule has 3 fully saturated rings. The highest BCUT2D eigenvalue weighted by molar-refractivity contribution is 6.30. The average molecular weight is 495 g/mol. The number of halogens is 1. The van der Waals surface area contributed by atoms with E-state index in [1.807, 2.05) is 36.2 Å². The Morgan fingerprint density at radius 3 is 2.80 bits per heavy atom. The predicted octanol–water partition coefficient (Wildman–Crippen LogP) is 6.06. The molecular formula is C28H35ClN4O2. The van der Waals surface area contributed by atoms with Crippen LogP contribution in [0, 0.1) is 34.5 Å². The van der Waals surface area contributed by atoms with E-state index in [1.165, 1.54) is 0 Å². The zero-order chi connectivity index (χ0) is 24.5. The molecule has 2 saturated carbocycles. The molecule has 2 heterocycles. The molecule has 1 aliphatic heterocycles. The van der Waals surface area contributed by atoms with Crippen molar-refractivity contribution in [3.63, 3.8) is 0 Å². The van der Waals surface area contributed by atoms with Crippen molar-refractivity contribution in [1.82, 2.24) is 14.9 Å². The number of H-pyrrole nitrogens is 1. The number of amides is 2. The lowest BCUT2D eigenvalue weighted by Crippen LogP contribution is -2.54. The van der Waals surface area contributed by atoms with Crippen LogP contribution >= 0.6 is 11.6 Å². The number of nitrogens with one attached hydrogen (secondary N) is 2. The maximum Gasteiger partial charge on any atom is 0.226 e. The van der Waals surface area contributed by atoms with E-state index in [4.69, 9.17) is 11.6 Å². The Morgan fingerprint density at radius 2 is 2.00 bits per heavy atom. The van der Waals surface area contributed by atoms with E-state index in [0.717, 1.165) is 60.3 Å². The normalized spacial score (nSPS) is 36.7. The Kier molecular flexibility index (Phi) is 5.33. The van der Waals surface area contributed by atoms with E-state index in [2.05, 4.69) is 29.1 Å². The number of piperidine rings is 1. The number of likely N-dealkylation sites (tertiary alicyclic amines) is 1. The quantitative estimate of drug-likeness (QED) is 0.544. The highest BCUT2D eigenvalue weighted by atomic mass is 35.5. The van der Waals surface area contributed by atoms with E-state index in [-0.39, 0.29) is 22.6 Å². The van der Waals surface area contributed by atoms with Crippen molar-refractivity contribution in [1.29, 1.82) is 0 Å². The lowest BCUT2D eigenvalue weighted by molar-refractivity contribution is -0.136. The van der Waals surface area contributed by atoms with E-state index in [9.17, 15) is 9.59 Å². The summed E-state index contributed by atoms with van der Waals surface area (Å²) in [6.45, 7) is 4.77. The van der Waals surface area contributed by atoms with Gasteiger partial charge in [0.15, 0.2) is 0 Å². The molecule has 0 radical (unpaired) electrons. The van der Waals surface area contributed by atoms with Gasteiger partial charge in [0.05, 0.1) is 11.0 Å². The molecule has 0 spiro atoms. The summed E-state index contributed by atoms with van der Waals surface area (Å²) in [6, 6.07) is 7.82. The van der Waals surface area contributed by atoms with E-state index >= 15 is 0 Å². The summed E-state index contributed by atoms with van der Waals surface area (Å²) >= 11 is 6.95. The molecule has 186 valence electrons. The summed E-state index contributed by atoms with van der Waals surface area (Å²) in [5, 5.41) is 3.90. The molecular weight excluding hydrogens is 460 g/mol. The average Bonchev–Trinajstić information content (AvgIpc) is 3.37. The molecule has 6 nitrogen and oxygen atoms in total. The van der Waals surface area contributed by atoms with Crippen LogP contribution in [0.3, 0.4) is 0 Å². The number of aromatic amines is 1. The Labute approximate surface area is 211 Å². The van der Waals surface area contributed by atoms with Crippen LogP contribution in [0.25, 0.3) is 11.0 Å². The van der Waals surface area contributed by atoms with Gasteiger partial charge < -0.3 is 9.88 Å².